The van der Waals surface area contributed by atoms with Crippen LogP contribution in [0.5, 0.6) is 5.75 Å². The number of rotatable bonds is 7. The lowest BCUT2D eigenvalue weighted by atomic mass is 10.0. The molecule has 0 aromatic heterocycles. The molecule has 0 bridgehead atoms. The molecule has 1 aliphatic heterocycles. The molecule has 10 heteroatoms. The quantitative estimate of drug-likeness (QED) is 0.157. The van der Waals surface area contributed by atoms with E-state index in [-0.39, 0.29) is 12.2 Å². The highest BCUT2D eigenvalue weighted by Gasteiger charge is 2.37. The molecule has 0 radical (unpaired) electrons. The van der Waals surface area contributed by atoms with E-state index in [0.29, 0.717) is 37.9 Å². The minimum Gasteiger partial charge on any atom is -0.487 e. The van der Waals surface area contributed by atoms with Gasteiger partial charge in [-0.3, -0.25) is 14.9 Å². The molecule has 0 aliphatic carbocycles. The number of aryl methyl sites for hydroxylation is 1. The molecule has 194 valence electrons. The number of imide groups is 2. The molecule has 0 spiro atoms. The topological polar surface area (TPSA) is 75.7 Å². The Hall–Kier alpha value is -2.91. The van der Waals surface area contributed by atoms with E-state index in [0.717, 1.165) is 26.1 Å². The molecule has 1 N–H and O–H groups in total. The molecular formula is C28H20Br2Cl2N2O4. The van der Waals surface area contributed by atoms with Crippen LogP contribution in [0.2, 0.25) is 10.0 Å². The number of allylic oxidation sites excluding steroid dienone is 1. The third kappa shape index (κ3) is 6.04. The minimum absolute atomic E-state index is 0.178. The summed E-state index contributed by atoms with van der Waals surface area (Å²) in [5.74, 6) is -0.927. The van der Waals surface area contributed by atoms with Crippen molar-refractivity contribution >= 4 is 84.7 Å². The van der Waals surface area contributed by atoms with Crippen LogP contribution in [0.3, 0.4) is 0 Å². The Kier molecular flexibility index (Phi) is 8.78. The van der Waals surface area contributed by atoms with Gasteiger partial charge in [0.2, 0.25) is 0 Å². The van der Waals surface area contributed by atoms with Crippen LogP contribution in [0.25, 0.3) is 6.08 Å². The molecule has 0 unspecified atom stereocenters. The lowest BCUT2D eigenvalue weighted by Gasteiger charge is -2.26. The van der Waals surface area contributed by atoms with Crippen molar-refractivity contribution in [2.45, 2.75) is 20.0 Å². The van der Waals surface area contributed by atoms with Crippen molar-refractivity contribution in [3.63, 3.8) is 0 Å². The Bertz CT molecular complexity index is 1520. The summed E-state index contributed by atoms with van der Waals surface area (Å²) in [7, 11) is 0. The van der Waals surface area contributed by atoms with Crippen LogP contribution in [0.1, 0.15) is 22.3 Å². The van der Waals surface area contributed by atoms with E-state index in [9.17, 15) is 14.4 Å². The highest BCUT2D eigenvalue weighted by atomic mass is 79.9. The Morgan fingerprint density at radius 1 is 1.00 bits per heavy atom. The van der Waals surface area contributed by atoms with E-state index in [2.05, 4.69) is 43.8 Å². The second-order valence-electron chi connectivity index (χ2n) is 8.40. The number of anilines is 1. The van der Waals surface area contributed by atoms with Gasteiger partial charge in [0.15, 0.2) is 0 Å². The second-order valence-corrected chi connectivity index (χ2v) is 11.0. The van der Waals surface area contributed by atoms with Crippen molar-refractivity contribution < 1.29 is 19.1 Å². The van der Waals surface area contributed by atoms with Crippen molar-refractivity contribution in [3.05, 3.63) is 108 Å². The number of carbonyl (C=O) groups excluding carboxylic acids is 3. The molecule has 0 atom stereocenters. The van der Waals surface area contributed by atoms with Gasteiger partial charge >= 0.3 is 6.03 Å². The molecular weight excluding hydrogens is 659 g/mol. The Morgan fingerprint density at radius 3 is 2.45 bits per heavy atom. The molecule has 3 aromatic rings. The largest absolute Gasteiger partial charge is 0.487 e. The molecule has 1 saturated heterocycles. The Morgan fingerprint density at radius 2 is 1.76 bits per heavy atom. The van der Waals surface area contributed by atoms with Gasteiger partial charge < -0.3 is 4.74 Å². The number of barbiturate groups is 1. The van der Waals surface area contributed by atoms with Crippen LogP contribution >= 0.6 is 55.1 Å². The van der Waals surface area contributed by atoms with Gasteiger partial charge in [-0.1, -0.05) is 51.3 Å². The molecule has 1 fully saturated rings. The van der Waals surface area contributed by atoms with Crippen LogP contribution in [0.15, 0.2) is 75.7 Å². The van der Waals surface area contributed by atoms with Gasteiger partial charge in [-0.15, -0.1) is 6.58 Å². The van der Waals surface area contributed by atoms with E-state index in [1.165, 1.54) is 6.08 Å². The highest BCUT2D eigenvalue weighted by Crippen LogP contribution is 2.34. The molecule has 6 nitrogen and oxygen atoms in total. The summed E-state index contributed by atoms with van der Waals surface area (Å²) in [6, 6.07) is 12.9. The maximum Gasteiger partial charge on any atom is 0.335 e. The first kappa shape index (κ1) is 28.1. The van der Waals surface area contributed by atoms with Crippen molar-refractivity contribution in [3.8, 4) is 5.75 Å². The third-order valence-corrected chi connectivity index (χ3v) is 7.77. The van der Waals surface area contributed by atoms with E-state index < -0.39 is 17.8 Å². The zero-order chi connectivity index (χ0) is 27.6. The zero-order valence-electron chi connectivity index (χ0n) is 20.0. The summed E-state index contributed by atoms with van der Waals surface area (Å²) < 4.78 is 7.52. The van der Waals surface area contributed by atoms with Crippen LogP contribution < -0.4 is 15.0 Å². The number of urea groups is 1. The number of carbonyl (C=O) groups is 3. The highest BCUT2D eigenvalue weighted by molar-refractivity contribution is 9.10. The number of ether oxygens (including phenoxy) is 1. The number of benzene rings is 3. The van der Waals surface area contributed by atoms with Crippen molar-refractivity contribution in [1.82, 2.24) is 5.32 Å². The smallest absolute Gasteiger partial charge is 0.335 e. The second kappa shape index (κ2) is 11.9. The summed E-state index contributed by atoms with van der Waals surface area (Å²) in [6.45, 7) is 5.85. The van der Waals surface area contributed by atoms with Gasteiger partial charge in [-0.2, -0.15) is 0 Å². The number of nitrogens with zero attached hydrogens (tertiary/aromatic N) is 1. The minimum atomic E-state index is -0.808. The van der Waals surface area contributed by atoms with Gasteiger partial charge in [0.05, 0.1) is 10.2 Å². The van der Waals surface area contributed by atoms with Gasteiger partial charge in [0, 0.05) is 20.1 Å². The summed E-state index contributed by atoms with van der Waals surface area (Å²) in [5, 5.41) is 3.27. The van der Waals surface area contributed by atoms with Gasteiger partial charge in [-0.25, -0.2) is 9.69 Å². The van der Waals surface area contributed by atoms with Gasteiger partial charge in [-0.05, 0) is 94.5 Å². The summed E-state index contributed by atoms with van der Waals surface area (Å²) in [4.78, 5) is 39.5. The first-order chi connectivity index (χ1) is 18.1. The number of halogens is 4. The lowest BCUT2D eigenvalue weighted by Crippen LogP contribution is -2.54. The maximum absolute atomic E-state index is 13.3. The van der Waals surface area contributed by atoms with Crippen LogP contribution in [0, 0.1) is 6.92 Å². The zero-order valence-corrected chi connectivity index (χ0v) is 24.7. The molecule has 1 heterocycles. The average Bonchev–Trinajstić information content (AvgIpc) is 2.84. The fourth-order valence-corrected chi connectivity index (χ4v) is 5.18. The van der Waals surface area contributed by atoms with E-state index in [1.54, 1.807) is 54.6 Å². The van der Waals surface area contributed by atoms with Crippen molar-refractivity contribution in [2.24, 2.45) is 0 Å². The molecule has 0 saturated carbocycles. The lowest BCUT2D eigenvalue weighted by molar-refractivity contribution is -0.122. The van der Waals surface area contributed by atoms with Gasteiger partial charge in [0.1, 0.15) is 17.9 Å². The molecule has 3 aromatic carbocycles. The normalized spacial score (nSPS) is 14.6. The number of hydrogen-bond acceptors (Lipinski definition) is 4. The van der Waals surface area contributed by atoms with E-state index >= 15 is 0 Å². The van der Waals surface area contributed by atoms with Crippen LogP contribution in [0.4, 0.5) is 10.5 Å². The van der Waals surface area contributed by atoms with E-state index in [4.69, 9.17) is 27.9 Å². The van der Waals surface area contributed by atoms with Crippen molar-refractivity contribution in [2.75, 3.05) is 4.90 Å². The number of hydrogen-bond donors (Lipinski definition) is 1. The van der Waals surface area contributed by atoms with Gasteiger partial charge in [0.25, 0.3) is 11.8 Å². The summed E-state index contributed by atoms with van der Waals surface area (Å²) in [6.07, 6.45) is 3.62. The monoisotopic (exact) mass is 676 g/mol. The first-order valence-corrected chi connectivity index (χ1v) is 13.6. The SMILES string of the molecule is C=CCc1cc(/C=C2\C(=O)NC(=O)N(c3ccc(Br)c(C)c3)C2=O)cc(Br)c1OCc1ccc(Cl)cc1Cl. The van der Waals surface area contributed by atoms with Crippen LogP contribution in [-0.2, 0) is 22.6 Å². The number of amides is 4. The summed E-state index contributed by atoms with van der Waals surface area (Å²) >= 11 is 19.2. The Labute approximate surface area is 246 Å². The maximum atomic E-state index is 13.3. The van der Waals surface area contributed by atoms with Crippen molar-refractivity contribution in [1.29, 1.82) is 0 Å². The fourth-order valence-electron chi connectivity index (χ4n) is 3.84. The predicted molar refractivity (Wildman–Crippen MR) is 157 cm³/mol. The number of nitrogens with one attached hydrogen (secondary N) is 1. The fraction of sp³-hybridized carbons (Fsp3) is 0.107. The predicted octanol–water partition coefficient (Wildman–Crippen LogP) is 7.80. The van der Waals surface area contributed by atoms with E-state index in [1.807, 2.05) is 6.92 Å². The average molecular weight is 679 g/mol. The Balaban J connectivity index is 1.67. The molecule has 1 aliphatic rings. The van der Waals surface area contributed by atoms with Crippen LogP contribution in [-0.4, -0.2) is 17.8 Å². The summed E-state index contributed by atoms with van der Waals surface area (Å²) in [5.41, 5.74) is 3.10. The standard InChI is InChI=1S/C28H20Br2Cl2N2O4/c1-3-4-17-10-16(12-23(30)25(17)38-14-18-5-6-19(31)13-24(18)32)11-21-26(35)33-28(37)34(27(21)36)20-7-8-22(29)15(2)9-20/h3,5-13H,1,4,14H2,2H3,(H,33,35,37)/b21-11+. The first-order valence-electron chi connectivity index (χ1n) is 11.3. The third-order valence-electron chi connectivity index (χ3n) is 5.71. The molecule has 38 heavy (non-hydrogen) atoms. The molecule has 4 amide bonds. The molecule has 4 rings (SSSR count).